The van der Waals surface area contributed by atoms with Gasteiger partial charge < -0.3 is 5.73 Å². The van der Waals surface area contributed by atoms with Gasteiger partial charge in [0.05, 0.1) is 5.54 Å². The largest absolute Gasteiger partial charge is 0.318 e. The van der Waals surface area contributed by atoms with Crippen molar-refractivity contribution in [3.63, 3.8) is 0 Å². The highest BCUT2D eigenvalue weighted by Crippen LogP contribution is 2.29. The van der Waals surface area contributed by atoms with Crippen LogP contribution in [-0.4, -0.2) is 0 Å². The number of rotatable bonds is 3. The minimum atomic E-state index is -0.682. The van der Waals surface area contributed by atoms with Gasteiger partial charge in [0.25, 0.3) is 0 Å². The molecule has 19 heavy (non-hydrogen) atoms. The number of nitrogens with two attached hydrogens (primary N) is 1. The lowest BCUT2D eigenvalue weighted by atomic mass is 9.83. The molecule has 1 atom stereocenters. The van der Waals surface area contributed by atoms with Crippen molar-refractivity contribution in [1.82, 2.24) is 0 Å². The Kier molecular flexibility index (Phi) is 3.72. The zero-order valence-electron chi connectivity index (χ0n) is 11.7. The van der Waals surface area contributed by atoms with Gasteiger partial charge in [0.2, 0.25) is 0 Å². The quantitative estimate of drug-likeness (QED) is 0.886. The summed E-state index contributed by atoms with van der Waals surface area (Å²) in [6.07, 6.45) is 1.00. The SMILES string of the molecule is CCc1ccc(C(C)(N)c2cc(F)ccc2C)cc1. The van der Waals surface area contributed by atoms with E-state index in [1.807, 2.05) is 26.0 Å². The first-order chi connectivity index (χ1) is 8.95. The molecule has 0 aromatic heterocycles. The number of hydrogen-bond acceptors (Lipinski definition) is 1. The van der Waals surface area contributed by atoms with Gasteiger partial charge in [-0.25, -0.2) is 4.39 Å². The van der Waals surface area contributed by atoms with Crippen molar-refractivity contribution in [3.8, 4) is 0 Å². The van der Waals surface area contributed by atoms with Crippen LogP contribution in [0.25, 0.3) is 0 Å². The van der Waals surface area contributed by atoms with Crippen molar-refractivity contribution >= 4 is 0 Å². The molecule has 0 radical (unpaired) electrons. The third-order valence-corrected chi connectivity index (χ3v) is 3.72. The van der Waals surface area contributed by atoms with E-state index in [2.05, 4.69) is 19.1 Å². The summed E-state index contributed by atoms with van der Waals surface area (Å²) in [5.41, 5.74) is 9.88. The van der Waals surface area contributed by atoms with Crippen LogP contribution >= 0.6 is 0 Å². The van der Waals surface area contributed by atoms with E-state index in [0.717, 1.165) is 23.1 Å². The molecule has 0 aliphatic rings. The van der Waals surface area contributed by atoms with Crippen molar-refractivity contribution < 1.29 is 4.39 Å². The van der Waals surface area contributed by atoms with Crippen LogP contribution < -0.4 is 5.73 Å². The summed E-state index contributed by atoms with van der Waals surface area (Å²) in [7, 11) is 0. The molecule has 0 aliphatic heterocycles. The third kappa shape index (κ3) is 2.69. The van der Waals surface area contributed by atoms with Crippen LogP contribution in [0.3, 0.4) is 0 Å². The van der Waals surface area contributed by atoms with Crippen molar-refractivity contribution in [2.24, 2.45) is 5.73 Å². The molecule has 2 rings (SSSR count). The molecule has 1 nitrogen and oxygen atoms in total. The highest BCUT2D eigenvalue weighted by Gasteiger charge is 2.25. The Labute approximate surface area is 114 Å². The van der Waals surface area contributed by atoms with Crippen LogP contribution in [0, 0.1) is 12.7 Å². The predicted octanol–water partition coefficient (Wildman–Crippen LogP) is 3.92. The molecule has 2 aromatic carbocycles. The first-order valence-electron chi connectivity index (χ1n) is 6.60. The molecule has 1 unspecified atom stereocenters. The fraction of sp³-hybridized carbons (Fsp3) is 0.294. The zero-order valence-corrected chi connectivity index (χ0v) is 11.7. The molecule has 0 fully saturated rings. The Bertz CT molecular complexity index is 570. The van der Waals surface area contributed by atoms with Crippen LogP contribution in [0.2, 0.25) is 0 Å². The van der Waals surface area contributed by atoms with Crippen molar-refractivity contribution in [2.45, 2.75) is 32.7 Å². The molecular formula is C17H20FN. The summed E-state index contributed by atoms with van der Waals surface area (Å²) < 4.78 is 13.5. The monoisotopic (exact) mass is 257 g/mol. The molecule has 0 saturated carbocycles. The van der Waals surface area contributed by atoms with Crippen LogP contribution in [0.5, 0.6) is 0 Å². The zero-order chi connectivity index (χ0) is 14.0. The highest BCUT2D eigenvalue weighted by atomic mass is 19.1. The lowest BCUT2D eigenvalue weighted by Gasteiger charge is -2.28. The van der Waals surface area contributed by atoms with Crippen LogP contribution in [0.1, 0.15) is 36.1 Å². The third-order valence-electron chi connectivity index (χ3n) is 3.72. The number of benzene rings is 2. The predicted molar refractivity (Wildman–Crippen MR) is 77.6 cm³/mol. The van der Waals surface area contributed by atoms with Crippen molar-refractivity contribution in [1.29, 1.82) is 0 Å². The van der Waals surface area contributed by atoms with Gasteiger partial charge in [-0.05, 0) is 54.7 Å². The second kappa shape index (κ2) is 5.14. The van der Waals surface area contributed by atoms with E-state index >= 15 is 0 Å². The summed E-state index contributed by atoms with van der Waals surface area (Å²) in [5.74, 6) is -0.248. The minimum absolute atomic E-state index is 0.248. The van der Waals surface area contributed by atoms with Gasteiger partial charge in [-0.2, -0.15) is 0 Å². The van der Waals surface area contributed by atoms with E-state index in [0.29, 0.717) is 0 Å². The second-order valence-electron chi connectivity index (χ2n) is 5.21. The van der Waals surface area contributed by atoms with E-state index in [9.17, 15) is 4.39 Å². The Morgan fingerprint density at radius 3 is 2.32 bits per heavy atom. The molecule has 100 valence electrons. The van der Waals surface area contributed by atoms with Crippen LogP contribution in [0.15, 0.2) is 42.5 Å². The molecular weight excluding hydrogens is 237 g/mol. The molecule has 2 N–H and O–H groups in total. The molecule has 0 heterocycles. The molecule has 0 bridgehead atoms. The molecule has 0 spiro atoms. The maximum atomic E-state index is 13.5. The van der Waals surface area contributed by atoms with E-state index in [-0.39, 0.29) is 5.82 Å². The smallest absolute Gasteiger partial charge is 0.123 e. The fourth-order valence-corrected chi connectivity index (χ4v) is 2.40. The number of aryl methyl sites for hydroxylation is 2. The fourth-order valence-electron chi connectivity index (χ4n) is 2.40. The van der Waals surface area contributed by atoms with Gasteiger partial charge in [-0.15, -0.1) is 0 Å². The maximum absolute atomic E-state index is 13.5. The van der Waals surface area contributed by atoms with E-state index in [4.69, 9.17) is 5.73 Å². The normalized spacial score (nSPS) is 14.2. The molecule has 0 amide bonds. The summed E-state index contributed by atoms with van der Waals surface area (Å²) >= 11 is 0. The Morgan fingerprint density at radius 1 is 1.11 bits per heavy atom. The number of hydrogen-bond donors (Lipinski definition) is 1. The Morgan fingerprint density at radius 2 is 1.74 bits per heavy atom. The summed E-state index contributed by atoms with van der Waals surface area (Å²) in [6, 6.07) is 13.0. The van der Waals surface area contributed by atoms with E-state index in [1.165, 1.54) is 17.7 Å². The van der Waals surface area contributed by atoms with Crippen molar-refractivity contribution in [2.75, 3.05) is 0 Å². The molecule has 2 aromatic rings. The van der Waals surface area contributed by atoms with Gasteiger partial charge >= 0.3 is 0 Å². The second-order valence-corrected chi connectivity index (χ2v) is 5.21. The lowest BCUT2D eigenvalue weighted by molar-refractivity contribution is 0.577. The minimum Gasteiger partial charge on any atom is -0.318 e. The number of halogens is 1. The summed E-state index contributed by atoms with van der Waals surface area (Å²) in [6.45, 7) is 6.00. The average molecular weight is 257 g/mol. The topological polar surface area (TPSA) is 26.0 Å². The highest BCUT2D eigenvalue weighted by molar-refractivity contribution is 5.42. The average Bonchev–Trinajstić information content (AvgIpc) is 2.41. The molecule has 0 aliphatic carbocycles. The van der Waals surface area contributed by atoms with Gasteiger partial charge in [0.1, 0.15) is 5.82 Å². The standard InChI is InChI=1S/C17H20FN/c1-4-13-6-8-14(9-7-13)17(3,19)16-11-15(18)10-5-12(16)2/h5-11H,4,19H2,1-3H3. The van der Waals surface area contributed by atoms with Gasteiger partial charge in [0, 0.05) is 0 Å². The molecule has 0 saturated heterocycles. The summed E-state index contributed by atoms with van der Waals surface area (Å²) in [4.78, 5) is 0. The van der Waals surface area contributed by atoms with Gasteiger partial charge in [0.15, 0.2) is 0 Å². The van der Waals surface area contributed by atoms with Gasteiger partial charge in [-0.1, -0.05) is 37.3 Å². The van der Waals surface area contributed by atoms with Crippen molar-refractivity contribution in [3.05, 3.63) is 70.5 Å². The Balaban J connectivity index is 2.48. The lowest BCUT2D eigenvalue weighted by Crippen LogP contribution is -2.35. The van der Waals surface area contributed by atoms with E-state index < -0.39 is 5.54 Å². The maximum Gasteiger partial charge on any atom is 0.123 e. The van der Waals surface area contributed by atoms with Gasteiger partial charge in [-0.3, -0.25) is 0 Å². The van der Waals surface area contributed by atoms with Crippen LogP contribution in [-0.2, 0) is 12.0 Å². The first-order valence-corrected chi connectivity index (χ1v) is 6.60. The molecule has 2 heteroatoms. The summed E-state index contributed by atoms with van der Waals surface area (Å²) in [5, 5.41) is 0. The Hall–Kier alpha value is -1.67. The first kappa shape index (κ1) is 13.8. The van der Waals surface area contributed by atoms with E-state index in [1.54, 1.807) is 6.07 Å². The van der Waals surface area contributed by atoms with Crippen LogP contribution in [0.4, 0.5) is 4.39 Å².